The first kappa shape index (κ1) is 18.9. The Morgan fingerprint density at radius 3 is 2.32 bits per heavy atom. The molecule has 1 heterocycles. The summed E-state index contributed by atoms with van der Waals surface area (Å²) >= 11 is 1.33. The van der Waals surface area contributed by atoms with E-state index in [0.717, 1.165) is 0 Å². The van der Waals surface area contributed by atoms with Crippen LogP contribution in [0.15, 0.2) is 29.6 Å². The lowest BCUT2D eigenvalue weighted by molar-refractivity contribution is 0.0558. The summed E-state index contributed by atoms with van der Waals surface area (Å²) in [5.74, 6) is 0.109. The minimum atomic E-state index is -0.480. The summed E-state index contributed by atoms with van der Waals surface area (Å²) in [4.78, 5) is 30.5. The van der Waals surface area contributed by atoms with Gasteiger partial charge in [-0.2, -0.15) is 0 Å². The minimum absolute atomic E-state index is 0.107. The molecule has 0 aliphatic rings. The predicted octanol–water partition coefficient (Wildman–Crippen LogP) is 3.38. The van der Waals surface area contributed by atoms with Crippen LogP contribution in [0.4, 0.5) is 0 Å². The number of esters is 1. The molecule has 0 saturated heterocycles. The molecule has 7 heteroatoms. The Labute approximate surface area is 151 Å². The molecule has 0 spiro atoms. The Kier molecular flexibility index (Phi) is 5.79. The molecule has 0 bridgehead atoms. The van der Waals surface area contributed by atoms with E-state index in [2.05, 4.69) is 9.72 Å². The van der Waals surface area contributed by atoms with Crippen LogP contribution in [0.2, 0.25) is 0 Å². The van der Waals surface area contributed by atoms with Crippen molar-refractivity contribution in [1.82, 2.24) is 9.88 Å². The first-order valence-electron chi connectivity index (χ1n) is 7.75. The number of methoxy groups -OCH3 is 2. The molecular weight excluding hydrogens is 340 g/mol. The molecular formula is C18H22N2O4S. The number of benzene rings is 1. The monoisotopic (exact) mass is 362 g/mol. The van der Waals surface area contributed by atoms with Crippen molar-refractivity contribution in [1.29, 1.82) is 0 Å². The number of amides is 1. The molecule has 0 aliphatic carbocycles. The highest BCUT2D eigenvalue weighted by Crippen LogP contribution is 2.23. The third-order valence-corrected chi connectivity index (χ3v) is 4.47. The van der Waals surface area contributed by atoms with Crippen LogP contribution in [0.25, 0.3) is 0 Å². The van der Waals surface area contributed by atoms with Gasteiger partial charge in [0.05, 0.1) is 20.8 Å². The summed E-state index contributed by atoms with van der Waals surface area (Å²) in [5, 5.41) is 2.32. The van der Waals surface area contributed by atoms with Gasteiger partial charge in [0, 0.05) is 16.5 Å². The van der Waals surface area contributed by atoms with Gasteiger partial charge in [0.15, 0.2) is 5.69 Å². The maximum Gasteiger partial charge on any atom is 0.357 e. The van der Waals surface area contributed by atoms with Crippen LogP contribution in [0.3, 0.4) is 0 Å². The first-order valence-corrected chi connectivity index (χ1v) is 8.63. The van der Waals surface area contributed by atoms with Gasteiger partial charge >= 0.3 is 5.97 Å². The number of ether oxygens (including phenoxy) is 2. The molecule has 0 fully saturated rings. The second kappa shape index (κ2) is 7.65. The number of hydrogen-bond acceptors (Lipinski definition) is 6. The Balaban J connectivity index is 2.25. The third-order valence-electron chi connectivity index (χ3n) is 3.63. The zero-order valence-corrected chi connectivity index (χ0v) is 15.8. The van der Waals surface area contributed by atoms with Crippen molar-refractivity contribution >= 4 is 23.2 Å². The molecule has 0 atom stereocenters. The third kappa shape index (κ3) is 4.57. The van der Waals surface area contributed by atoms with Crippen molar-refractivity contribution in [2.45, 2.75) is 32.9 Å². The summed E-state index contributed by atoms with van der Waals surface area (Å²) < 4.78 is 9.80. The molecule has 0 saturated carbocycles. The van der Waals surface area contributed by atoms with Crippen molar-refractivity contribution in [3.63, 3.8) is 0 Å². The summed E-state index contributed by atoms with van der Waals surface area (Å²) in [5.41, 5.74) is 0.419. The molecule has 1 amide bonds. The summed E-state index contributed by atoms with van der Waals surface area (Å²) in [6.07, 6.45) is 0. The summed E-state index contributed by atoms with van der Waals surface area (Å²) in [7, 11) is 2.90. The van der Waals surface area contributed by atoms with Gasteiger partial charge in [0.25, 0.3) is 5.91 Å². The quantitative estimate of drug-likeness (QED) is 0.763. The van der Waals surface area contributed by atoms with Crippen molar-refractivity contribution < 1.29 is 19.1 Å². The summed E-state index contributed by atoms with van der Waals surface area (Å²) in [6, 6.07) is 6.99. The fourth-order valence-electron chi connectivity index (χ4n) is 2.22. The van der Waals surface area contributed by atoms with Gasteiger partial charge < -0.3 is 14.4 Å². The van der Waals surface area contributed by atoms with Gasteiger partial charge in [-0.1, -0.05) is 0 Å². The van der Waals surface area contributed by atoms with E-state index in [0.29, 0.717) is 22.9 Å². The van der Waals surface area contributed by atoms with Gasteiger partial charge in [0.1, 0.15) is 10.8 Å². The van der Waals surface area contributed by atoms with E-state index in [1.165, 1.54) is 18.4 Å². The van der Waals surface area contributed by atoms with Crippen LogP contribution in [-0.4, -0.2) is 41.5 Å². The number of carbonyl (C=O) groups is 2. The smallest absolute Gasteiger partial charge is 0.357 e. The highest BCUT2D eigenvalue weighted by Gasteiger charge is 2.28. The lowest BCUT2D eigenvalue weighted by Gasteiger charge is -2.35. The molecule has 0 radical (unpaired) electrons. The van der Waals surface area contributed by atoms with Gasteiger partial charge in [-0.15, -0.1) is 11.3 Å². The Hall–Kier alpha value is -2.41. The average Bonchev–Trinajstić information content (AvgIpc) is 3.06. The topological polar surface area (TPSA) is 68.7 Å². The standard InChI is InChI=1S/C18H22N2O4S/c1-18(2,3)20(10-15-19-14(11-25-15)17(22)24-5)16(21)12-6-8-13(23-4)9-7-12/h6-9,11H,10H2,1-5H3. The van der Waals surface area contributed by atoms with E-state index in [1.54, 1.807) is 41.7 Å². The molecule has 0 N–H and O–H groups in total. The Morgan fingerprint density at radius 2 is 1.80 bits per heavy atom. The fraction of sp³-hybridized carbons (Fsp3) is 0.389. The Morgan fingerprint density at radius 1 is 1.16 bits per heavy atom. The van der Waals surface area contributed by atoms with Crippen molar-refractivity contribution in [2.75, 3.05) is 14.2 Å². The van der Waals surface area contributed by atoms with Crippen LogP contribution in [0.5, 0.6) is 5.75 Å². The number of nitrogens with zero attached hydrogens (tertiary/aromatic N) is 2. The lowest BCUT2D eigenvalue weighted by atomic mass is 10.0. The maximum absolute atomic E-state index is 13.0. The zero-order valence-electron chi connectivity index (χ0n) is 15.0. The van der Waals surface area contributed by atoms with E-state index < -0.39 is 11.5 Å². The lowest BCUT2D eigenvalue weighted by Crippen LogP contribution is -2.45. The average molecular weight is 362 g/mol. The van der Waals surface area contributed by atoms with E-state index in [-0.39, 0.29) is 11.6 Å². The number of carbonyl (C=O) groups excluding carboxylic acids is 2. The molecule has 1 aromatic carbocycles. The molecule has 1 aromatic heterocycles. The molecule has 0 aliphatic heterocycles. The normalized spacial score (nSPS) is 11.1. The predicted molar refractivity (Wildman–Crippen MR) is 96.1 cm³/mol. The fourth-order valence-corrected chi connectivity index (χ4v) is 2.97. The second-order valence-electron chi connectivity index (χ2n) is 6.41. The van der Waals surface area contributed by atoms with Crippen LogP contribution in [-0.2, 0) is 11.3 Å². The highest BCUT2D eigenvalue weighted by atomic mass is 32.1. The molecule has 6 nitrogen and oxygen atoms in total. The van der Waals surface area contributed by atoms with Crippen LogP contribution in [0, 0.1) is 0 Å². The molecule has 134 valence electrons. The van der Waals surface area contributed by atoms with Crippen molar-refractivity contribution in [3.8, 4) is 5.75 Å². The highest BCUT2D eigenvalue weighted by molar-refractivity contribution is 7.09. The number of rotatable bonds is 5. The van der Waals surface area contributed by atoms with Gasteiger partial charge in [0.2, 0.25) is 0 Å². The van der Waals surface area contributed by atoms with Crippen LogP contribution in [0.1, 0.15) is 46.6 Å². The number of hydrogen-bond donors (Lipinski definition) is 0. The molecule has 2 aromatic rings. The van der Waals surface area contributed by atoms with Gasteiger partial charge in [-0.05, 0) is 45.0 Å². The van der Waals surface area contributed by atoms with E-state index in [4.69, 9.17) is 4.74 Å². The molecule has 0 unspecified atom stereocenters. The largest absolute Gasteiger partial charge is 0.497 e. The Bertz CT molecular complexity index is 747. The van der Waals surface area contributed by atoms with Crippen LogP contribution >= 0.6 is 11.3 Å². The SMILES string of the molecule is COC(=O)c1csc(CN(C(=O)c2ccc(OC)cc2)C(C)(C)C)n1. The van der Waals surface area contributed by atoms with Crippen molar-refractivity contribution in [2.24, 2.45) is 0 Å². The molecule has 2 rings (SSSR count). The minimum Gasteiger partial charge on any atom is -0.497 e. The van der Waals surface area contributed by atoms with Gasteiger partial charge in [-0.25, -0.2) is 9.78 Å². The second-order valence-corrected chi connectivity index (χ2v) is 7.35. The van der Waals surface area contributed by atoms with Crippen molar-refractivity contribution in [3.05, 3.63) is 45.9 Å². The van der Waals surface area contributed by atoms with E-state index in [1.807, 2.05) is 20.8 Å². The first-order chi connectivity index (χ1) is 11.8. The number of thiazole rings is 1. The maximum atomic E-state index is 13.0. The van der Waals surface area contributed by atoms with E-state index >= 15 is 0 Å². The molecule has 25 heavy (non-hydrogen) atoms. The number of aromatic nitrogens is 1. The summed E-state index contributed by atoms with van der Waals surface area (Å²) in [6.45, 7) is 6.20. The zero-order chi connectivity index (χ0) is 18.6. The van der Waals surface area contributed by atoms with Gasteiger partial charge in [-0.3, -0.25) is 4.79 Å². The van der Waals surface area contributed by atoms with Crippen LogP contribution < -0.4 is 4.74 Å². The van der Waals surface area contributed by atoms with E-state index in [9.17, 15) is 9.59 Å².